The zero-order chi connectivity index (χ0) is 13.5. The van der Waals surface area contributed by atoms with Crippen molar-refractivity contribution in [3.05, 3.63) is 0 Å². The van der Waals surface area contributed by atoms with Gasteiger partial charge >= 0.3 is 0 Å². The lowest BCUT2D eigenvalue weighted by atomic mass is 10.0. The molecule has 1 rings (SSSR count). The molecule has 0 bridgehead atoms. The molecule has 3 heteroatoms. The normalized spacial score (nSPS) is 24.7. The van der Waals surface area contributed by atoms with Crippen molar-refractivity contribution in [2.45, 2.75) is 46.6 Å². The monoisotopic (exact) mass is 256 g/mol. The molecule has 0 aromatic carbocycles. The van der Waals surface area contributed by atoms with Gasteiger partial charge < -0.3 is 15.4 Å². The van der Waals surface area contributed by atoms with E-state index in [1.165, 1.54) is 25.9 Å². The molecule has 0 aromatic rings. The highest BCUT2D eigenvalue weighted by Gasteiger charge is 2.26. The molecule has 0 aliphatic carbocycles. The maximum atomic E-state index is 6.09. The summed E-state index contributed by atoms with van der Waals surface area (Å²) in [6.45, 7) is 14.3. The van der Waals surface area contributed by atoms with E-state index in [4.69, 9.17) is 10.5 Å². The topological polar surface area (TPSA) is 38.5 Å². The molecule has 2 atom stereocenters. The molecular formula is C15H32N2O. The summed E-state index contributed by atoms with van der Waals surface area (Å²) in [6.07, 6.45) is 2.56. The molecule has 0 radical (unpaired) electrons. The van der Waals surface area contributed by atoms with Crippen LogP contribution in [0.2, 0.25) is 0 Å². The molecule has 1 saturated heterocycles. The van der Waals surface area contributed by atoms with Crippen molar-refractivity contribution in [1.29, 1.82) is 0 Å². The summed E-state index contributed by atoms with van der Waals surface area (Å²) >= 11 is 0. The van der Waals surface area contributed by atoms with Crippen LogP contribution in [0.1, 0.15) is 40.5 Å². The summed E-state index contributed by atoms with van der Waals surface area (Å²) in [4.78, 5) is 2.60. The van der Waals surface area contributed by atoms with Crippen LogP contribution in [0, 0.1) is 17.8 Å². The van der Waals surface area contributed by atoms with Gasteiger partial charge in [-0.3, -0.25) is 0 Å². The molecule has 1 heterocycles. The van der Waals surface area contributed by atoms with Crippen LogP contribution < -0.4 is 5.73 Å². The Bertz CT molecular complexity index is 207. The summed E-state index contributed by atoms with van der Waals surface area (Å²) in [5.41, 5.74) is 6.09. The number of rotatable bonds is 8. The number of ether oxygens (including phenoxy) is 1. The summed E-state index contributed by atoms with van der Waals surface area (Å²) < 4.78 is 5.47. The fourth-order valence-corrected chi connectivity index (χ4v) is 2.31. The predicted octanol–water partition coefficient (Wildman–Crippen LogP) is 2.35. The van der Waals surface area contributed by atoms with Gasteiger partial charge in [-0.2, -0.15) is 0 Å². The SMILES string of the molecule is CC(C)CCN(CCC(C)C)CC1COCC1N. The molecule has 0 saturated carbocycles. The molecule has 0 aromatic heterocycles. The largest absolute Gasteiger partial charge is 0.379 e. The van der Waals surface area contributed by atoms with E-state index in [9.17, 15) is 0 Å². The summed E-state index contributed by atoms with van der Waals surface area (Å²) in [7, 11) is 0. The third-order valence-electron chi connectivity index (χ3n) is 3.79. The van der Waals surface area contributed by atoms with Gasteiger partial charge in [-0.15, -0.1) is 0 Å². The number of nitrogens with zero attached hydrogens (tertiary/aromatic N) is 1. The highest BCUT2D eigenvalue weighted by molar-refractivity contribution is 4.81. The van der Waals surface area contributed by atoms with Crippen molar-refractivity contribution in [3.63, 3.8) is 0 Å². The van der Waals surface area contributed by atoms with Crippen LogP contribution in [0.25, 0.3) is 0 Å². The third-order valence-corrected chi connectivity index (χ3v) is 3.79. The molecule has 108 valence electrons. The van der Waals surface area contributed by atoms with E-state index in [1.54, 1.807) is 0 Å². The first-order chi connectivity index (χ1) is 8.49. The molecule has 3 nitrogen and oxygen atoms in total. The van der Waals surface area contributed by atoms with Gasteiger partial charge in [-0.25, -0.2) is 0 Å². The van der Waals surface area contributed by atoms with Crippen LogP contribution in [-0.4, -0.2) is 43.8 Å². The van der Waals surface area contributed by atoms with E-state index in [1.807, 2.05) is 0 Å². The minimum atomic E-state index is 0.241. The number of nitrogens with two attached hydrogens (primary N) is 1. The first kappa shape index (κ1) is 15.9. The lowest BCUT2D eigenvalue weighted by molar-refractivity contribution is 0.162. The smallest absolute Gasteiger partial charge is 0.0621 e. The Labute approximate surface area is 113 Å². The number of hydrogen-bond acceptors (Lipinski definition) is 3. The van der Waals surface area contributed by atoms with Crippen molar-refractivity contribution in [2.24, 2.45) is 23.5 Å². The standard InChI is InChI=1S/C15H32N2O/c1-12(2)5-7-17(8-6-13(3)4)9-14-10-18-11-15(14)16/h12-15H,5-11,16H2,1-4H3. The van der Waals surface area contributed by atoms with Crippen molar-refractivity contribution in [3.8, 4) is 0 Å². The zero-order valence-corrected chi connectivity index (χ0v) is 12.7. The van der Waals surface area contributed by atoms with Crippen molar-refractivity contribution < 1.29 is 4.74 Å². The average molecular weight is 256 g/mol. The maximum Gasteiger partial charge on any atom is 0.0621 e. The van der Waals surface area contributed by atoms with Crippen LogP contribution in [-0.2, 0) is 4.74 Å². The molecular weight excluding hydrogens is 224 g/mol. The second-order valence-corrected chi connectivity index (χ2v) is 6.63. The van der Waals surface area contributed by atoms with E-state index < -0.39 is 0 Å². The van der Waals surface area contributed by atoms with Crippen molar-refractivity contribution in [2.75, 3.05) is 32.8 Å². The van der Waals surface area contributed by atoms with Gasteiger partial charge in [0.05, 0.1) is 13.2 Å². The predicted molar refractivity (Wildman–Crippen MR) is 77.6 cm³/mol. The summed E-state index contributed by atoms with van der Waals surface area (Å²) in [5.74, 6) is 2.09. The molecule has 0 amide bonds. The number of hydrogen-bond donors (Lipinski definition) is 1. The van der Waals surface area contributed by atoms with E-state index in [0.29, 0.717) is 5.92 Å². The van der Waals surface area contributed by atoms with Crippen molar-refractivity contribution in [1.82, 2.24) is 4.90 Å². The van der Waals surface area contributed by atoms with Gasteiger partial charge in [0.2, 0.25) is 0 Å². The summed E-state index contributed by atoms with van der Waals surface area (Å²) in [6, 6.07) is 0.241. The third kappa shape index (κ3) is 6.17. The lowest BCUT2D eigenvalue weighted by Crippen LogP contribution is -2.39. The van der Waals surface area contributed by atoms with Crippen LogP contribution in [0.15, 0.2) is 0 Å². The molecule has 1 aliphatic heterocycles. The quantitative estimate of drug-likeness (QED) is 0.724. The van der Waals surface area contributed by atoms with Gasteiger partial charge in [0.1, 0.15) is 0 Å². The Morgan fingerprint density at radius 1 is 1.06 bits per heavy atom. The van der Waals surface area contributed by atoms with Crippen LogP contribution in [0.5, 0.6) is 0 Å². The second-order valence-electron chi connectivity index (χ2n) is 6.63. The highest BCUT2D eigenvalue weighted by atomic mass is 16.5. The van der Waals surface area contributed by atoms with Crippen molar-refractivity contribution >= 4 is 0 Å². The van der Waals surface area contributed by atoms with E-state index in [2.05, 4.69) is 32.6 Å². The fourth-order valence-electron chi connectivity index (χ4n) is 2.31. The molecule has 2 N–H and O–H groups in total. The Kier molecular flexibility index (Phi) is 7.20. The first-order valence-electron chi connectivity index (χ1n) is 7.54. The average Bonchev–Trinajstić information content (AvgIpc) is 2.68. The minimum Gasteiger partial charge on any atom is -0.379 e. The van der Waals surface area contributed by atoms with Crippen LogP contribution in [0.3, 0.4) is 0 Å². The van der Waals surface area contributed by atoms with Gasteiger partial charge in [0.25, 0.3) is 0 Å². The van der Waals surface area contributed by atoms with E-state index in [-0.39, 0.29) is 6.04 Å². The van der Waals surface area contributed by atoms with Crippen LogP contribution in [0.4, 0.5) is 0 Å². The lowest BCUT2D eigenvalue weighted by Gasteiger charge is -2.27. The molecule has 18 heavy (non-hydrogen) atoms. The molecule has 2 unspecified atom stereocenters. The van der Waals surface area contributed by atoms with Crippen LogP contribution >= 0.6 is 0 Å². The zero-order valence-electron chi connectivity index (χ0n) is 12.7. The second kappa shape index (κ2) is 8.13. The Morgan fingerprint density at radius 2 is 1.61 bits per heavy atom. The highest BCUT2D eigenvalue weighted by Crippen LogP contribution is 2.15. The van der Waals surface area contributed by atoms with E-state index >= 15 is 0 Å². The van der Waals surface area contributed by atoms with Gasteiger partial charge in [-0.1, -0.05) is 27.7 Å². The van der Waals surface area contributed by atoms with Gasteiger partial charge in [0, 0.05) is 18.5 Å². The van der Waals surface area contributed by atoms with Gasteiger partial charge in [-0.05, 0) is 37.8 Å². The summed E-state index contributed by atoms with van der Waals surface area (Å²) in [5, 5.41) is 0. The first-order valence-corrected chi connectivity index (χ1v) is 7.54. The maximum absolute atomic E-state index is 6.09. The Hall–Kier alpha value is -0.120. The van der Waals surface area contributed by atoms with E-state index in [0.717, 1.165) is 31.6 Å². The molecule has 1 aliphatic rings. The Morgan fingerprint density at radius 3 is 2.00 bits per heavy atom. The minimum absolute atomic E-state index is 0.241. The fraction of sp³-hybridized carbons (Fsp3) is 1.00. The Balaban J connectivity index is 2.37. The molecule has 1 fully saturated rings. The molecule has 0 spiro atoms. The van der Waals surface area contributed by atoms with Gasteiger partial charge in [0.15, 0.2) is 0 Å².